The molecule has 0 saturated heterocycles. The summed E-state index contributed by atoms with van der Waals surface area (Å²) in [4.78, 5) is 28.6. The molecule has 138 valence electrons. The number of ether oxygens (including phenoxy) is 2. The first-order valence-electron chi connectivity index (χ1n) is 7.80. The third-order valence-corrected chi connectivity index (χ3v) is 4.03. The zero-order valence-corrected chi connectivity index (χ0v) is 15.2. The molecule has 0 bridgehead atoms. The SMILES string of the molecule is COC(=O)c1c(C)nc(COCCN)c(C(=O)O)c1-c1ccccc1Cl. The summed E-state index contributed by atoms with van der Waals surface area (Å²) in [5.41, 5.74) is 6.38. The minimum Gasteiger partial charge on any atom is -0.478 e. The number of methoxy groups -OCH3 is 1. The molecule has 2 rings (SSSR count). The average Bonchev–Trinajstić information content (AvgIpc) is 2.61. The number of carboxylic acid groups (broad SMARTS) is 1. The van der Waals surface area contributed by atoms with Gasteiger partial charge in [0.25, 0.3) is 0 Å². The Morgan fingerprint density at radius 2 is 1.96 bits per heavy atom. The number of pyridine rings is 1. The molecule has 7 nitrogen and oxygen atoms in total. The molecular formula is C18H19ClN2O5. The number of rotatable bonds is 7. The van der Waals surface area contributed by atoms with Crippen molar-refractivity contribution in [3.63, 3.8) is 0 Å². The van der Waals surface area contributed by atoms with E-state index >= 15 is 0 Å². The van der Waals surface area contributed by atoms with Crippen LogP contribution < -0.4 is 5.73 Å². The number of nitrogens with two attached hydrogens (primary N) is 1. The van der Waals surface area contributed by atoms with Crippen LogP contribution in [0.1, 0.15) is 32.1 Å². The Morgan fingerprint density at radius 1 is 1.27 bits per heavy atom. The molecular weight excluding hydrogens is 360 g/mol. The summed E-state index contributed by atoms with van der Waals surface area (Å²) in [5.74, 6) is -1.94. The maximum Gasteiger partial charge on any atom is 0.340 e. The normalized spacial score (nSPS) is 10.6. The third-order valence-electron chi connectivity index (χ3n) is 3.70. The van der Waals surface area contributed by atoms with Gasteiger partial charge in [-0.1, -0.05) is 29.8 Å². The van der Waals surface area contributed by atoms with E-state index in [1.807, 2.05) is 0 Å². The van der Waals surface area contributed by atoms with Gasteiger partial charge in [0, 0.05) is 22.7 Å². The van der Waals surface area contributed by atoms with Crippen molar-refractivity contribution < 1.29 is 24.2 Å². The number of halogens is 1. The van der Waals surface area contributed by atoms with Gasteiger partial charge in [0.15, 0.2) is 0 Å². The van der Waals surface area contributed by atoms with Gasteiger partial charge >= 0.3 is 11.9 Å². The van der Waals surface area contributed by atoms with E-state index in [1.54, 1.807) is 31.2 Å². The molecule has 8 heteroatoms. The van der Waals surface area contributed by atoms with Gasteiger partial charge in [-0.2, -0.15) is 0 Å². The first-order chi connectivity index (χ1) is 12.4. The number of aryl methyl sites for hydroxylation is 1. The number of hydrogen-bond acceptors (Lipinski definition) is 6. The Balaban J connectivity index is 2.84. The number of aromatic carboxylic acids is 1. The molecule has 0 saturated carbocycles. The Kier molecular flexibility index (Phi) is 6.68. The number of aromatic nitrogens is 1. The average molecular weight is 379 g/mol. The van der Waals surface area contributed by atoms with Crippen molar-refractivity contribution in [3.05, 3.63) is 51.8 Å². The van der Waals surface area contributed by atoms with E-state index in [-0.39, 0.29) is 35.6 Å². The van der Waals surface area contributed by atoms with E-state index in [1.165, 1.54) is 7.11 Å². The summed E-state index contributed by atoms with van der Waals surface area (Å²) >= 11 is 6.27. The van der Waals surface area contributed by atoms with Gasteiger partial charge in [-0.3, -0.25) is 4.98 Å². The van der Waals surface area contributed by atoms with Crippen molar-refractivity contribution in [1.29, 1.82) is 0 Å². The highest BCUT2D eigenvalue weighted by molar-refractivity contribution is 6.33. The number of esters is 1. The van der Waals surface area contributed by atoms with Crippen LogP contribution in [0.5, 0.6) is 0 Å². The first-order valence-corrected chi connectivity index (χ1v) is 8.17. The molecule has 1 heterocycles. The van der Waals surface area contributed by atoms with Crippen molar-refractivity contribution in [1.82, 2.24) is 4.98 Å². The van der Waals surface area contributed by atoms with E-state index in [9.17, 15) is 14.7 Å². The second kappa shape index (κ2) is 8.75. The number of carboxylic acids is 1. The highest BCUT2D eigenvalue weighted by Crippen LogP contribution is 2.36. The van der Waals surface area contributed by atoms with Gasteiger partial charge in [0.2, 0.25) is 0 Å². The minimum atomic E-state index is -1.25. The highest BCUT2D eigenvalue weighted by atomic mass is 35.5. The fraction of sp³-hybridized carbons (Fsp3) is 0.278. The molecule has 0 atom stereocenters. The van der Waals surface area contributed by atoms with Gasteiger partial charge in [-0.15, -0.1) is 0 Å². The zero-order valence-electron chi connectivity index (χ0n) is 14.4. The lowest BCUT2D eigenvalue weighted by molar-refractivity contribution is 0.0600. The van der Waals surface area contributed by atoms with Crippen molar-refractivity contribution in [2.75, 3.05) is 20.3 Å². The van der Waals surface area contributed by atoms with Crippen LogP contribution >= 0.6 is 11.6 Å². The molecule has 0 aliphatic heterocycles. The molecule has 26 heavy (non-hydrogen) atoms. The molecule has 0 spiro atoms. The van der Waals surface area contributed by atoms with Gasteiger partial charge < -0.3 is 20.3 Å². The third kappa shape index (κ3) is 4.01. The molecule has 2 aromatic rings. The molecule has 0 radical (unpaired) electrons. The van der Waals surface area contributed by atoms with Gasteiger partial charge in [0.05, 0.1) is 42.8 Å². The van der Waals surface area contributed by atoms with E-state index in [0.717, 1.165) is 0 Å². The molecule has 1 aromatic heterocycles. The summed E-state index contributed by atoms with van der Waals surface area (Å²) in [6, 6.07) is 6.67. The van der Waals surface area contributed by atoms with Crippen LogP contribution in [0, 0.1) is 6.92 Å². The fourth-order valence-electron chi connectivity index (χ4n) is 2.64. The second-order valence-electron chi connectivity index (χ2n) is 5.39. The monoisotopic (exact) mass is 378 g/mol. The van der Waals surface area contributed by atoms with Crippen LogP contribution in [-0.4, -0.2) is 42.3 Å². The summed E-state index contributed by atoms with van der Waals surface area (Å²) in [6.07, 6.45) is 0. The molecule has 0 aliphatic carbocycles. The fourth-order valence-corrected chi connectivity index (χ4v) is 2.87. The molecule has 0 amide bonds. The number of carbonyl (C=O) groups is 2. The predicted octanol–water partition coefficient (Wildman–Crippen LogP) is 2.67. The van der Waals surface area contributed by atoms with Crippen molar-refractivity contribution in [2.45, 2.75) is 13.5 Å². The maximum absolute atomic E-state index is 12.3. The first kappa shape index (κ1) is 19.8. The second-order valence-corrected chi connectivity index (χ2v) is 5.79. The summed E-state index contributed by atoms with van der Waals surface area (Å²) in [5, 5.41) is 10.1. The standard InChI is InChI=1S/C18H19ClN2O5/c1-10-14(18(24)25-2)15(11-5-3-4-6-12(11)19)16(17(22)23)13(21-10)9-26-8-7-20/h3-6H,7-9,20H2,1-2H3,(H,22,23). The molecule has 0 unspecified atom stereocenters. The Labute approximate surface area is 155 Å². The van der Waals surface area contributed by atoms with Crippen LogP contribution in [0.3, 0.4) is 0 Å². The molecule has 3 N–H and O–H groups in total. The van der Waals surface area contributed by atoms with E-state index < -0.39 is 11.9 Å². The lowest BCUT2D eigenvalue weighted by atomic mass is 9.92. The number of benzene rings is 1. The van der Waals surface area contributed by atoms with Crippen LogP contribution in [0.2, 0.25) is 5.02 Å². The predicted molar refractivity (Wildman–Crippen MR) is 96.4 cm³/mol. The van der Waals surface area contributed by atoms with Crippen LogP contribution in [0.15, 0.2) is 24.3 Å². The smallest absolute Gasteiger partial charge is 0.340 e. The van der Waals surface area contributed by atoms with Crippen LogP contribution in [-0.2, 0) is 16.1 Å². The number of hydrogen-bond donors (Lipinski definition) is 2. The van der Waals surface area contributed by atoms with Crippen molar-refractivity contribution in [2.24, 2.45) is 5.73 Å². The topological polar surface area (TPSA) is 112 Å². The van der Waals surface area contributed by atoms with Gasteiger partial charge in [0.1, 0.15) is 0 Å². The van der Waals surface area contributed by atoms with E-state index in [0.29, 0.717) is 22.8 Å². The largest absolute Gasteiger partial charge is 0.478 e. The maximum atomic E-state index is 12.3. The summed E-state index contributed by atoms with van der Waals surface area (Å²) < 4.78 is 10.2. The quantitative estimate of drug-likeness (QED) is 0.562. The molecule has 0 aliphatic rings. The van der Waals surface area contributed by atoms with Crippen molar-refractivity contribution in [3.8, 4) is 11.1 Å². The van der Waals surface area contributed by atoms with Crippen molar-refractivity contribution >= 4 is 23.5 Å². The Morgan fingerprint density at radius 3 is 2.54 bits per heavy atom. The van der Waals surface area contributed by atoms with E-state index in [4.69, 9.17) is 26.8 Å². The summed E-state index contributed by atoms with van der Waals surface area (Å²) in [6.45, 7) is 2.09. The number of nitrogens with zero attached hydrogens (tertiary/aromatic N) is 1. The number of carbonyl (C=O) groups excluding carboxylic acids is 1. The Hall–Kier alpha value is -2.48. The lowest BCUT2D eigenvalue weighted by Crippen LogP contribution is -2.18. The van der Waals surface area contributed by atoms with Crippen LogP contribution in [0.25, 0.3) is 11.1 Å². The lowest BCUT2D eigenvalue weighted by Gasteiger charge is -2.18. The highest BCUT2D eigenvalue weighted by Gasteiger charge is 2.28. The minimum absolute atomic E-state index is 0.0561. The van der Waals surface area contributed by atoms with Crippen LogP contribution in [0.4, 0.5) is 0 Å². The molecule has 1 aromatic carbocycles. The molecule has 0 fully saturated rings. The zero-order chi connectivity index (χ0) is 19.3. The Bertz CT molecular complexity index is 839. The van der Waals surface area contributed by atoms with Gasteiger partial charge in [-0.25, -0.2) is 9.59 Å². The summed E-state index contributed by atoms with van der Waals surface area (Å²) in [7, 11) is 1.22. The van der Waals surface area contributed by atoms with Gasteiger partial charge in [-0.05, 0) is 13.0 Å². The van der Waals surface area contributed by atoms with E-state index in [2.05, 4.69) is 4.98 Å².